The van der Waals surface area contributed by atoms with Gasteiger partial charge in [0, 0.05) is 13.1 Å². The molecule has 0 radical (unpaired) electrons. The van der Waals surface area contributed by atoms with E-state index in [0.29, 0.717) is 6.54 Å². The van der Waals surface area contributed by atoms with Gasteiger partial charge in [-0.15, -0.1) is 0 Å². The summed E-state index contributed by atoms with van der Waals surface area (Å²) in [6.45, 7) is 5.02. The second-order valence-corrected chi connectivity index (χ2v) is 5.87. The minimum atomic E-state index is 0.654. The minimum Gasteiger partial charge on any atom is -0.453 e. The maximum atomic E-state index is 6.00. The first-order valence-corrected chi connectivity index (χ1v) is 8.31. The fourth-order valence-electron chi connectivity index (χ4n) is 3.01. The van der Waals surface area contributed by atoms with E-state index in [9.17, 15) is 0 Å². The van der Waals surface area contributed by atoms with E-state index in [2.05, 4.69) is 33.8 Å². The molecule has 0 aromatic heterocycles. The molecule has 0 aliphatic carbocycles. The normalized spacial score (nSPS) is 16.4. The van der Waals surface area contributed by atoms with Crippen LogP contribution in [0, 0.1) is 11.8 Å². The number of hydrogen-bond acceptors (Lipinski definition) is 4. The third-order valence-electron chi connectivity index (χ3n) is 4.30. The number of ether oxygens (including phenoxy) is 2. The Labute approximate surface area is 142 Å². The molecule has 2 aliphatic rings. The van der Waals surface area contributed by atoms with Gasteiger partial charge in [-0.05, 0) is 24.3 Å². The Kier molecular flexibility index (Phi) is 4.37. The number of hydrogen-bond donors (Lipinski definition) is 0. The Morgan fingerprint density at radius 3 is 2.04 bits per heavy atom. The average molecular weight is 320 g/mol. The second kappa shape index (κ2) is 6.96. The van der Waals surface area contributed by atoms with Crippen LogP contribution < -0.4 is 9.64 Å². The van der Waals surface area contributed by atoms with Crippen LogP contribution in [0.1, 0.15) is 0 Å². The fraction of sp³-hybridized carbons (Fsp3) is 0.300. The largest absolute Gasteiger partial charge is 0.453 e. The maximum Gasteiger partial charge on any atom is 0.151 e. The Bertz CT molecular complexity index is 727. The molecule has 2 aliphatic heterocycles. The lowest BCUT2D eigenvalue weighted by atomic mass is 10.1. The Balaban J connectivity index is 1.52. The van der Waals surface area contributed by atoms with Crippen LogP contribution in [0.25, 0.3) is 0 Å². The van der Waals surface area contributed by atoms with Gasteiger partial charge in [-0.1, -0.05) is 36.1 Å². The van der Waals surface area contributed by atoms with Crippen molar-refractivity contribution in [2.45, 2.75) is 0 Å². The van der Waals surface area contributed by atoms with E-state index in [4.69, 9.17) is 9.47 Å². The van der Waals surface area contributed by atoms with Crippen molar-refractivity contribution in [3.05, 3.63) is 48.5 Å². The van der Waals surface area contributed by atoms with Crippen molar-refractivity contribution in [1.29, 1.82) is 0 Å². The lowest BCUT2D eigenvalue weighted by molar-refractivity contribution is 0.0443. The van der Waals surface area contributed by atoms with Crippen LogP contribution in [0.3, 0.4) is 0 Å². The molecule has 4 heteroatoms. The molecule has 0 atom stereocenters. The van der Waals surface area contributed by atoms with Crippen molar-refractivity contribution in [2.24, 2.45) is 0 Å². The molecule has 4 nitrogen and oxygen atoms in total. The quantitative estimate of drug-likeness (QED) is 0.793. The third-order valence-corrected chi connectivity index (χ3v) is 4.30. The minimum absolute atomic E-state index is 0.654. The van der Waals surface area contributed by atoms with Crippen LogP contribution in [0.5, 0.6) is 11.5 Å². The van der Waals surface area contributed by atoms with Crippen LogP contribution in [0.2, 0.25) is 0 Å². The summed E-state index contributed by atoms with van der Waals surface area (Å²) in [5, 5.41) is 0. The highest BCUT2D eigenvalue weighted by atomic mass is 16.5. The lowest BCUT2D eigenvalue weighted by Gasteiger charge is -2.31. The van der Waals surface area contributed by atoms with Gasteiger partial charge >= 0.3 is 0 Å². The fourth-order valence-corrected chi connectivity index (χ4v) is 3.01. The highest BCUT2D eigenvalue weighted by molar-refractivity contribution is 5.78. The summed E-state index contributed by atoms with van der Waals surface area (Å²) in [5.41, 5.74) is 2.13. The molecule has 0 bridgehead atoms. The first-order valence-electron chi connectivity index (χ1n) is 8.31. The number of fused-ring (bicyclic) bond motifs is 2. The number of nitrogens with zero attached hydrogens (tertiary/aromatic N) is 2. The SMILES string of the molecule is C(#CCN1c2ccccc2Oc2ccccc21)CN1CCOCC1. The van der Waals surface area contributed by atoms with Crippen LogP contribution in [-0.2, 0) is 4.74 Å². The van der Waals surface area contributed by atoms with E-state index >= 15 is 0 Å². The average Bonchev–Trinajstić information content (AvgIpc) is 2.65. The summed E-state index contributed by atoms with van der Waals surface area (Å²) in [5.74, 6) is 8.39. The standard InChI is InChI=1S/C20H20N2O2/c1-3-9-19-17(7-1)22(18-8-2-4-10-20(18)24-19)12-6-5-11-21-13-15-23-16-14-21/h1-4,7-10H,11-16H2. The summed E-state index contributed by atoms with van der Waals surface area (Å²) in [7, 11) is 0. The van der Waals surface area contributed by atoms with Gasteiger partial charge in [0.2, 0.25) is 0 Å². The molecule has 1 saturated heterocycles. The molecule has 0 N–H and O–H groups in total. The monoisotopic (exact) mass is 320 g/mol. The summed E-state index contributed by atoms with van der Waals surface area (Å²) >= 11 is 0. The highest BCUT2D eigenvalue weighted by Gasteiger charge is 2.22. The van der Waals surface area contributed by atoms with Gasteiger partial charge in [-0.2, -0.15) is 0 Å². The Morgan fingerprint density at radius 1 is 0.792 bits per heavy atom. The molecule has 2 aromatic rings. The molecule has 2 aromatic carbocycles. The van der Waals surface area contributed by atoms with Gasteiger partial charge < -0.3 is 14.4 Å². The topological polar surface area (TPSA) is 24.9 Å². The van der Waals surface area contributed by atoms with E-state index in [1.165, 1.54) is 0 Å². The molecular formula is C20H20N2O2. The van der Waals surface area contributed by atoms with Crippen molar-refractivity contribution < 1.29 is 9.47 Å². The molecule has 0 spiro atoms. The van der Waals surface area contributed by atoms with Crippen LogP contribution in [0.15, 0.2) is 48.5 Å². The van der Waals surface area contributed by atoms with Crippen molar-refractivity contribution in [1.82, 2.24) is 4.90 Å². The van der Waals surface area contributed by atoms with Crippen molar-refractivity contribution in [3.63, 3.8) is 0 Å². The number of benzene rings is 2. The third kappa shape index (κ3) is 3.09. The predicted molar refractivity (Wildman–Crippen MR) is 95.0 cm³/mol. The number of anilines is 2. The zero-order valence-corrected chi connectivity index (χ0v) is 13.6. The summed E-state index contributed by atoms with van der Waals surface area (Å²) in [6, 6.07) is 16.2. The van der Waals surface area contributed by atoms with Gasteiger partial charge in [-0.25, -0.2) is 0 Å². The predicted octanol–water partition coefficient (Wildman–Crippen LogP) is 3.27. The number of morpholine rings is 1. The first kappa shape index (κ1) is 15.1. The number of para-hydroxylation sites is 4. The van der Waals surface area contributed by atoms with E-state index in [-0.39, 0.29) is 0 Å². The van der Waals surface area contributed by atoms with Gasteiger partial charge in [0.15, 0.2) is 11.5 Å². The van der Waals surface area contributed by atoms with Crippen LogP contribution >= 0.6 is 0 Å². The Hall–Kier alpha value is -2.48. The second-order valence-electron chi connectivity index (χ2n) is 5.87. The smallest absolute Gasteiger partial charge is 0.151 e. The van der Waals surface area contributed by atoms with E-state index < -0.39 is 0 Å². The molecule has 2 heterocycles. The molecule has 24 heavy (non-hydrogen) atoms. The number of rotatable bonds is 2. The van der Waals surface area contributed by atoms with Gasteiger partial charge in [0.05, 0.1) is 37.7 Å². The van der Waals surface area contributed by atoms with Crippen molar-refractivity contribution in [2.75, 3.05) is 44.3 Å². The molecule has 4 rings (SSSR count). The van der Waals surface area contributed by atoms with Gasteiger partial charge in [0.1, 0.15) is 0 Å². The van der Waals surface area contributed by atoms with Gasteiger partial charge in [-0.3, -0.25) is 4.90 Å². The molecule has 0 amide bonds. The molecule has 122 valence electrons. The van der Waals surface area contributed by atoms with E-state index in [1.807, 2.05) is 36.4 Å². The summed E-state index contributed by atoms with van der Waals surface area (Å²) < 4.78 is 11.4. The van der Waals surface area contributed by atoms with E-state index in [1.54, 1.807) is 0 Å². The lowest BCUT2D eigenvalue weighted by Crippen LogP contribution is -2.36. The first-order chi connectivity index (χ1) is 11.9. The van der Waals surface area contributed by atoms with E-state index in [0.717, 1.165) is 55.7 Å². The highest BCUT2D eigenvalue weighted by Crippen LogP contribution is 2.45. The zero-order chi connectivity index (χ0) is 16.2. The van der Waals surface area contributed by atoms with Crippen molar-refractivity contribution >= 4 is 11.4 Å². The molecular weight excluding hydrogens is 300 g/mol. The van der Waals surface area contributed by atoms with Crippen LogP contribution in [0.4, 0.5) is 11.4 Å². The zero-order valence-electron chi connectivity index (χ0n) is 13.6. The maximum absolute atomic E-state index is 6.00. The molecule has 1 fully saturated rings. The van der Waals surface area contributed by atoms with Gasteiger partial charge in [0.25, 0.3) is 0 Å². The summed E-state index contributed by atoms with van der Waals surface area (Å²) in [4.78, 5) is 4.55. The Morgan fingerprint density at radius 2 is 1.38 bits per heavy atom. The molecule has 0 saturated carbocycles. The summed E-state index contributed by atoms with van der Waals surface area (Å²) in [6.07, 6.45) is 0. The van der Waals surface area contributed by atoms with Crippen LogP contribution in [-0.4, -0.2) is 44.3 Å². The molecule has 0 unspecified atom stereocenters. The van der Waals surface area contributed by atoms with Crippen molar-refractivity contribution in [3.8, 4) is 23.3 Å².